The number of rotatable bonds is 9. The summed E-state index contributed by atoms with van der Waals surface area (Å²) in [4.78, 5) is 27.4. The van der Waals surface area contributed by atoms with E-state index >= 15 is 0 Å². The van der Waals surface area contributed by atoms with Gasteiger partial charge in [0.15, 0.2) is 0 Å². The Balaban J connectivity index is 2.13. The summed E-state index contributed by atoms with van der Waals surface area (Å²) in [6.07, 6.45) is 1.76. The third kappa shape index (κ3) is 6.68. The van der Waals surface area contributed by atoms with Crippen molar-refractivity contribution in [2.45, 2.75) is 52.1 Å². The predicted molar refractivity (Wildman–Crippen MR) is 114 cm³/mol. The minimum absolute atomic E-state index is 0.0777. The number of amides is 2. The molecule has 0 heterocycles. The number of benzene rings is 2. The van der Waals surface area contributed by atoms with E-state index < -0.39 is 6.04 Å². The summed E-state index contributed by atoms with van der Waals surface area (Å²) < 4.78 is 0. The Morgan fingerprint density at radius 1 is 1.04 bits per heavy atom. The van der Waals surface area contributed by atoms with Crippen molar-refractivity contribution in [3.8, 4) is 0 Å². The van der Waals surface area contributed by atoms with Crippen LogP contribution in [0.3, 0.4) is 0 Å². The molecule has 0 unspecified atom stereocenters. The number of carbonyl (C=O) groups excluding carboxylic acids is 2. The topological polar surface area (TPSA) is 49.4 Å². The van der Waals surface area contributed by atoms with Gasteiger partial charge in [-0.1, -0.05) is 61.0 Å². The maximum Gasteiger partial charge on any atom is 0.242 e. The fraction of sp³-hybridized carbons (Fsp3) is 0.391. The molecule has 2 atom stereocenters. The Morgan fingerprint density at radius 2 is 1.71 bits per heavy atom. The smallest absolute Gasteiger partial charge is 0.242 e. The average molecular weight is 401 g/mol. The summed E-state index contributed by atoms with van der Waals surface area (Å²) in [5.74, 6) is -0.202. The van der Waals surface area contributed by atoms with Crippen LogP contribution in [0, 0.1) is 0 Å². The highest BCUT2D eigenvalue weighted by Crippen LogP contribution is 2.14. The Morgan fingerprint density at radius 3 is 2.36 bits per heavy atom. The van der Waals surface area contributed by atoms with Gasteiger partial charge in [-0.15, -0.1) is 0 Å². The zero-order chi connectivity index (χ0) is 20.5. The van der Waals surface area contributed by atoms with E-state index in [9.17, 15) is 9.59 Å². The molecule has 1 N–H and O–H groups in total. The third-order valence-corrected chi connectivity index (χ3v) is 5.13. The van der Waals surface area contributed by atoms with Crippen molar-refractivity contribution in [1.29, 1.82) is 0 Å². The van der Waals surface area contributed by atoms with Gasteiger partial charge >= 0.3 is 0 Å². The van der Waals surface area contributed by atoms with Crippen LogP contribution in [0.4, 0.5) is 0 Å². The highest BCUT2D eigenvalue weighted by Gasteiger charge is 2.26. The maximum absolute atomic E-state index is 13.0. The number of nitrogens with one attached hydrogen (secondary N) is 1. The van der Waals surface area contributed by atoms with Crippen LogP contribution in [0.2, 0.25) is 5.02 Å². The van der Waals surface area contributed by atoms with E-state index in [0.717, 1.165) is 17.5 Å². The van der Waals surface area contributed by atoms with Crippen molar-refractivity contribution in [1.82, 2.24) is 10.2 Å². The lowest BCUT2D eigenvalue weighted by Crippen LogP contribution is -2.50. The monoisotopic (exact) mass is 400 g/mol. The van der Waals surface area contributed by atoms with Crippen molar-refractivity contribution < 1.29 is 9.59 Å². The molecule has 150 valence electrons. The van der Waals surface area contributed by atoms with Gasteiger partial charge in [0.25, 0.3) is 0 Å². The highest BCUT2D eigenvalue weighted by atomic mass is 35.5. The normalized spacial score (nSPS) is 12.9. The fourth-order valence-corrected chi connectivity index (χ4v) is 3.17. The van der Waals surface area contributed by atoms with Crippen LogP contribution in [-0.4, -0.2) is 35.3 Å². The van der Waals surface area contributed by atoms with E-state index in [1.54, 1.807) is 24.0 Å². The molecule has 2 aromatic carbocycles. The molecular weight excluding hydrogens is 372 g/mol. The van der Waals surface area contributed by atoms with Gasteiger partial charge in [0.05, 0.1) is 6.42 Å². The zero-order valence-electron chi connectivity index (χ0n) is 16.8. The van der Waals surface area contributed by atoms with Gasteiger partial charge in [0, 0.05) is 17.6 Å². The lowest BCUT2D eigenvalue weighted by Gasteiger charge is -2.29. The van der Waals surface area contributed by atoms with Crippen LogP contribution in [0.25, 0.3) is 0 Å². The SMILES string of the molecule is CC[C@@H](C)NC(=O)[C@@H](C)N(CCc1ccccc1)C(=O)Cc1cccc(Cl)c1. The highest BCUT2D eigenvalue weighted by molar-refractivity contribution is 6.30. The summed E-state index contributed by atoms with van der Waals surface area (Å²) in [5, 5.41) is 3.58. The molecule has 0 radical (unpaired) electrons. The molecule has 28 heavy (non-hydrogen) atoms. The zero-order valence-corrected chi connectivity index (χ0v) is 17.6. The molecule has 2 aromatic rings. The van der Waals surface area contributed by atoms with Gasteiger partial charge in [-0.2, -0.15) is 0 Å². The first kappa shape index (κ1) is 22.0. The molecule has 4 nitrogen and oxygen atoms in total. The summed E-state index contributed by atoms with van der Waals surface area (Å²) in [5.41, 5.74) is 1.98. The number of carbonyl (C=O) groups is 2. The van der Waals surface area contributed by atoms with E-state index in [1.807, 2.05) is 56.3 Å². The molecule has 0 aliphatic rings. The van der Waals surface area contributed by atoms with E-state index in [-0.39, 0.29) is 24.3 Å². The molecule has 0 spiro atoms. The Hall–Kier alpha value is -2.33. The van der Waals surface area contributed by atoms with Crippen molar-refractivity contribution in [2.24, 2.45) is 0 Å². The van der Waals surface area contributed by atoms with Gasteiger partial charge in [-0.3, -0.25) is 9.59 Å². The largest absolute Gasteiger partial charge is 0.352 e. The predicted octanol–water partition coefficient (Wildman–Crippen LogP) is 4.26. The van der Waals surface area contributed by atoms with Gasteiger partial charge in [0.2, 0.25) is 11.8 Å². The van der Waals surface area contributed by atoms with Gasteiger partial charge < -0.3 is 10.2 Å². The molecule has 0 aromatic heterocycles. The molecule has 0 bridgehead atoms. The van der Waals surface area contributed by atoms with Gasteiger partial charge in [-0.25, -0.2) is 0 Å². The quantitative estimate of drug-likeness (QED) is 0.683. The minimum atomic E-state index is -0.538. The summed E-state index contributed by atoms with van der Waals surface area (Å²) >= 11 is 6.05. The van der Waals surface area contributed by atoms with Gasteiger partial charge in [0.1, 0.15) is 6.04 Å². The Bertz CT molecular complexity index is 779. The molecule has 0 saturated carbocycles. The molecule has 2 amide bonds. The molecule has 0 aliphatic carbocycles. The average Bonchev–Trinajstić information content (AvgIpc) is 2.68. The fourth-order valence-electron chi connectivity index (χ4n) is 2.96. The lowest BCUT2D eigenvalue weighted by molar-refractivity contribution is -0.139. The van der Waals surface area contributed by atoms with Crippen LogP contribution in [0.1, 0.15) is 38.3 Å². The van der Waals surface area contributed by atoms with Crippen LogP contribution in [-0.2, 0) is 22.4 Å². The molecule has 0 saturated heterocycles. The van der Waals surface area contributed by atoms with E-state index in [0.29, 0.717) is 18.0 Å². The Kier molecular flexibility index (Phi) is 8.52. The molecular formula is C23H29ClN2O2. The van der Waals surface area contributed by atoms with Crippen LogP contribution in [0.15, 0.2) is 54.6 Å². The van der Waals surface area contributed by atoms with Gasteiger partial charge in [-0.05, 0) is 49.9 Å². The van der Waals surface area contributed by atoms with E-state index in [1.165, 1.54) is 0 Å². The minimum Gasteiger partial charge on any atom is -0.352 e. The lowest BCUT2D eigenvalue weighted by atomic mass is 10.1. The second-order valence-corrected chi connectivity index (χ2v) is 7.56. The maximum atomic E-state index is 13.0. The van der Waals surface area contributed by atoms with Crippen molar-refractivity contribution in [2.75, 3.05) is 6.54 Å². The van der Waals surface area contributed by atoms with Crippen molar-refractivity contribution in [3.63, 3.8) is 0 Å². The summed E-state index contributed by atoms with van der Waals surface area (Å²) in [7, 11) is 0. The molecule has 2 rings (SSSR count). The first-order chi connectivity index (χ1) is 13.4. The van der Waals surface area contributed by atoms with Crippen LogP contribution >= 0.6 is 11.6 Å². The van der Waals surface area contributed by atoms with E-state index in [4.69, 9.17) is 11.6 Å². The first-order valence-electron chi connectivity index (χ1n) is 9.79. The van der Waals surface area contributed by atoms with Crippen LogP contribution in [0.5, 0.6) is 0 Å². The van der Waals surface area contributed by atoms with Crippen LogP contribution < -0.4 is 5.32 Å². The molecule has 0 fully saturated rings. The summed E-state index contributed by atoms with van der Waals surface area (Å²) in [6.45, 7) is 6.26. The number of hydrogen-bond acceptors (Lipinski definition) is 2. The molecule has 0 aliphatic heterocycles. The second kappa shape index (κ2) is 10.9. The number of hydrogen-bond donors (Lipinski definition) is 1. The second-order valence-electron chi connectivity index (χ2n) is 7.12. The van der Waals surface area contributed by atoms with Crippen molar-refractivity contribution >= 4 is 23.4 Å². The molecule has 5 heteroatoms. The van der Waals surface area contributed by atoms with Crippen molar-refractivity contribution in [3.05, 3.63) is 70.7 Å². The Labute approximate surface area is 172 Å². The third-order valence-electron chi connectivity index (χ3n) is 4.90. The number of halogens is 1. The van der Waals surface area contributed by atoms with E-state index in [2.05, 4.69) is 5.32 Å². The first-order valence-corrected chi connectivity index (χ1v) is 10.2. The standard InChI is InChI=1S/C23H29ClN2O2/c1-4-17(2)25-23(28)18(3)26(14-13-19-9-6-5-7-10-19)22(27)16-20-11-8-12-21(24)15-20/h5-12,15,17-18H,4,13-14,16H2,1-3H3,(H,25,28)/t17-,18-/m1/s1. The number of nitrogens with zero attached hydrogens (tertiary/aromatic N) is 1. The summed E-state index contributed by atoms with van der Waals surface area (Å²) in [6, 6.07) is 16.8.